The van der Waals surface area contributed by atoms with Crippen molar-refractivity contribution >= 4 is 23.5 Å². The van der Waals surface area contributed by atoms with E-state index >= 15 is 0 Å². The highest BCUT2D eigenvalue weighted by Crippen LogP contribution is 1.85. The quantitative estimate of drug-likeness (QED) is 0.471. The summed E-state index contributed by atoms with van der Waals surface area (Å²) < 4.78 is 0. The summed E-state index contributed by atoms with van der Waals surface area (Å²) in [5.41, 5.74) is 0. The second-order valence-electron chi connectivity index (χ2n) is 1.66. The Morgan fingerprint density at radius 1 is 1.78 bits per heavy atom. The predicted molar refractivity (Wildman–Crippen MR) is 41.6 cm³/mol. The van der Waals surface area contributed by atoms with Crippen LogP contribution in [0.1, 0.15) is 19.8 Å². The smallest absolute Gasteiger partial charge is 0.120 e. The van der Waals surface area contributed by atoms with Crippen LogP contribution in [0.2, 0.25) is 0 Å². The van der Waals surface area contributed by atoms with Crippen LogP contribution in [-0.4, -0.2) is 17.8 Å². The fraction of sp³-hybridized carbons (Fsp3) is 0.667. The van der Waals surface area contributed by atoms with Crippen LogP contribution in [0, 0.1) is 0 Å². The van der Waals surface area contributed by atoms with E-state index in [0.717, 1.165) is 17.8 Å². The molecule has 0 saturated heterocycles. The number of nitrogens with one attached hydrogen (secondary N) is 1. The normalized spacial score (nSPS) is 8.56. The number of hydrogen-bond donors (Lipinski definition) is 1. The number of carbonyl (C=O) groups excluding carboxylic acids is 1. The molecule has 0 aliphatic heterocycles. The number of carbonyl (C=O) groups is 1. The number of thiocarbonyl (C=S) groups is 1. The van der Waals surface area contributed by atoms with Gasteiger partial charge >= 0.3 is 0 Å². The molecular weight excluding hydrogens is 134 g/mol. The van der Waals surface area contributed by atoms with Crippen LogP contribution in [0.4, 0.5) is 0 Å². The molecule has 0 atom stereocenters. The van der Waals surface area contributed by atoms with Gasteiger partial charge in [0.05, 0.1) is 4.99 Å². The van der Waals surface area contributed by atoms with Gasteiger partial charge in [0, 0.05) is 19.4 Å². The Hall–Kier alpha value is -0.440. The summed E-state index contributed by atoms with van der Waals surface area (Å²) in [6.07, 6.45) is 2.10. The van der Waals surface area contributed by atoms with Crippen molar-refractivity contribution in [2.75, 3.05) is 6.54 Å². The van der Waals surface area contributed by atoms with Crippen molar-refractivity contribution in [2.45, 2.75) is 19.8 Å². The van der Waals surface area contributed by atoms with Crippen LogP contribution < -0.4 is 5.32 Å². The van der Waals surface area contributed by atoms with Gasteiger partial charge in [0.15, 0.2) is 0 Å². The first-order chi connectivity index (χ1) is 4.31. The highest BCUT2D eigenvalue weighted by molar-refractivity contribution is 7.80. The number of hydrogen-bond acceptors (Lipinski definition) is 2. The second-order valence-corrected chi connectivity index (χ2v) is 2.15. The predicted octanol–water partition coefficient (Wildman–Crippen LogP) is 0.902. The molecule has 0 fully saturated rings. The van der Waals surface area contributed by atoms with Gasteiger partial charge in [0.2, 0.25) is 0 Å². The van der Waals surface area contributed by atoms with Crippen molar-refractivity contribution in [3.05, 3.63) is 0 Å². The summed E-state index contributed by atoms with van der Waals surface area (Å²) in [5, 5.41) is 2.95. The molecule has 0 bridgehead atoms. The molecule has 0 aromatic carbocycles. The Morgan fingerprint density at radius 3 is 2.89 bits per heavy atom. The SMILES string of the molecule is CCNC(=S)CCC=O. The lowest BCUT2D eigenvalue weighted by Crippen LogP contribution is -2.20. The van der Waals surface area contributed by atoms with Gasteiger partial charge in [-0.3, -0.25) is 0 Å². The molecule has 0 heterocycles. The van der Waals surface area contributed by atoms with Gasteiger partial charge in [0.25, 0.3) is 0 Å². The van der Waals surface area contributed by atoms with E-state index in [0.29, 0.717) is 12.8 Å². The van der Waals surface area contributed by atoms with Crippen LogP contribution in [0.5, 0.6) is 0 Å². The van der Waals surface area contributed by atoms with Crippen LogP contribution in [-0.2, 0) is 4.79 Å². The maximum absolute atomic E-state index is 9.83. The van der Waals surface area contributed by atoms with Gasteiger partial charge in [-0.2, -0.15) is 0 Å². The van der Waals surface area contributed by atoms with E-state index in [9.17, 15) is 4.79 Å². The minimum atomic E-state index is 0.534. The molecule has 0 aliphatic carbocycles. The Morgan fingerprint density at radius 2 is 2.44 bits per heavy atom. The third-order valence-corrected chi connectivity index (χ3v) is 1.21. The zero-order chi connectivity index (χ0) is 7.11. The van der Waals surface area contributed by atoms with Gasteiger partial charge < -0.3 is 10.1 Å². The van der Waals surface area contributed by atoms with Crippen LogP contribution in [0.3, 0.4) is 0 Å². The maximum Gasteiger partial charge on any atom is 0.120 e. The number of rotatable bonds is 4. The van der Waals surface area contributed by atoms with Crippen molar-refractivity contribution in [1.82, 2.24) is 5.32 Å². The Labute approximate surface area is 60.6 Å². The van der Waals surface area contributed by atoms with Gasteiger partial charge in [-0.05, 0) is 6.92 Å². The van der Waals surface area contributed by atoms with Crippen LogP contribution in [0.25, 0.3) is 0 Å². The monoisotopic (exact) mass is 145 g/mol. The molecule has 0 unspecified atom stereocenters. The molecule has 0 aromatic rings. The molecule has 0 spiro atoms. The first-order valence-corrected chi connectivity index (χ1v) is 3.42. The molecule has 52 valence electrons. The molecule has 3 heteroatoms. The first-order valence-electron chi connectivity index (χ1n) is 3.01. The van der Waals surface area contributed by atoms with E-state index < -0.39 is 0 Å². The van der Waals surface area contributed by atoms with E-state index in [1.165, 1.54) is 0 Å². The van der Waals surface area contributed by atoms with E-state index in [2.05, 4.69) is 5.32 Å². The van der Waals surface area contributed by atoms with Gasteiger partial charge in [-0.15, -0.1) is 0 Å². The van der Waals surface area contributed by atoms with Crippen molar-refractivity contribution in [2.24, 2.45) is 0 Å². The summed E-state index contributed by atoms with van der Waals surface area (Å²) in [5.74, 6) is 0. The van der Waals surface area contributed by atoms with E-state index in [4.69, 9.17) is 12.2 Å². The minimum Gasteiger partial charge on any atom is -0.380 e. The summed E-state index contributed by atoms with van der Waals surface area (Å²) in [6.45, 7) is 2.82. The lowest BCUT2D eigenvalue weighted by molar-refractivity contribution is -0.107. The van der Waals surface area contributed by atoms with Crippen molar-refractivity contribution in [3.8, 4) is 0 Å². The first kappa shape index (κ1) is 8.56. The molecule has 0 aromatic heterocycles. The van der Waals surface area contributed by atoms with Crippen LogP contribution >= 0.6 is 12.2 Å². The molecule has 9 heavy (non-hydrogen) atoms. The zero-order valence-electron chi connectivity index (χ0n) is 5.52. The number of aldehydes is 1. The Bertz CT molecular complexity index is 103. The minimum absolute atomic E-state index is 0.534. The Balaban J connectivity index is 3.16. The highest BCUT2D eigenvalue weighted by atomic mass is 32.1. The Kier molecular flexibility index (Phi) is 5.41. The molecule has 1 N–H and O–H groups in total. The largest absolute Gasteiger partial charge is 0.380 e. The molecule has 2 nitrogen and oxygen atoms in total. The third kappa shape index (κ3) is 5.43. The van der Waals surface area contributed by atoms with Crippen LogP contribution in [0.15, 0.2) is 0 Å². The maximum atomic E-state index is 9.83. The molecule has 0 rings (SSSR count). The average molecular weight is 145 g/mol. The highest BCUT2D eigenvalue weighted by Gasteiger charge is 1.90. The van der Waals surface area contributed by atoms with E-state index in [1.807, 2.05) is 6.92 Å². The lowest BCUT2D eigenvalue weighted by Gasteiger charge is -2.00. The van der Waals surface area contributed by atoms with Crippen molar-refractivity contribution < 1.29 is 4.79 Å². The van der Waals surface area contributed by atoms with Gasteiger partial charge in [-0.25, -0.2) is 0 Å². The molecule has 0 aliphatic rings. The average Bonchev–Trinajstić information content (AvgIpc) is 1.85. The molecule has 0 saturated carbocycles. The van der Waals surface area contributed by atoms with E-state index in [-0.39, 0.29) is 0 Å². The fourth-order valence-electron chi connectivity index (χ4n) is 0.476. The summed E-state index contributed by atoms with van der Waals surface area (Å²) in [6, 6.07) is 0. The molecule has 0 amide bonds. The topological polar surface area (TPSA) is 29.1 Å². The standard InChI is InChI=1S/C6H11NOS/c1-2-7-6(9)4-3-5-8/h5H,2-4H2,1H3,(H,7,9). The zero-order valence-corrected chi connectivity index (χ0v) is 6.33. The summed E-state index contributed by atoms with van der Waals surface area (Å²) >= 11 is 4.85. The second kappa shape index (κ2) is 5.69. The molecule has 0 radical (unpaired) electrons. The summed E-state index contributed by atoms with van der Waals surface area (Å²) in [7, 11) is 0. The molecular formula is C6H11NOS. The van der Waals surface area contributed by atoms with E-state index in [1.54, 1.807) is 0 Å². The van der Waals surface area contributed by atoms with Gasteiger partial charge in [0.1, 0.15) is 6.29 Å². The fourth-order valence-corrected chi connectivity index (χ4v) is 0.738. The summed E-state index contributed by atoms with van der Waals surface area (Å²) in [4.78, 5) is 10.6. The lowest BCUT2D eigenvalue weighted by atomic mass is 10.3. The third-order valence-electron chi connectivity index (χ3n) is 0.863. The van der Waals surface area contributed by atoms with Gasteiger partial charge in [-0.1, -0.05) is 12.2 Å². The van der Waals surface area contributed by atoms with Crippen molar-refractivity contribution in [1.29, 1.82) is 0 Å². The van der Waals surface area contributed by atoms with Crippen molar-refractivity contribution in [3.63, 3.8) is 0 Å².